The van der Waals surface area contributed by atoms with E-state index in [1.807, 2.05) is 0 Å². The third kappa shape index (κ3) is 12.3. The smallest absolute Gasteiger partial charge is 0.268 e. The molecule has 0 aliphatic rings. The van der Waals surface area contributed by atoms with E-state index in [2.05, 4.69) is 19.2 Å². The van der Waals surface area contributed by atoms with Gasteiger partial charge in [0, 0.05) is 0 Å². The summed E-state index contributed by atoms with van der Waals surface area (Å²) < 4.78 is 244. The van der Waals surface area contributed by atoms with Gasteiger partial charge in [0.05, 0.1) is 0 Å². The van der Waals surface area contributed by atoms with Crippen LogP contribution in [-0.2, 0) is 0 Å². The van der Waals surface area contributed by atoms with Gasteiger partial charge in [-0.1, -0.05) is 13.8 Å². The topological polar surface area (TPSA) is 12.0 Å². The number of halogens is 20. The Kier molecular flexibility index (Phi) is 21.2. The second kappa shape index (κ2) is 22.2. The SMILES string of the molecule is CCNCC.Fc1c(F)c(F)[c]([AlH2])c(F)c1F.Fc1c(F)c(F)[c]([AlH2])c(F)c1F.Fc1c(F)c(F)[c]([AlH2])c(F)c1F.Fc1c(F)c(F)[c]([AlH2])c(F)c1F. The van der Waals surface area contributed by atoms with Crippen LogP contribution in [0, 0.1) is 116 Å². The van der Waals surface area contributed by atoms with Crippen molar-refractivity contribution in [1.29, 1.82) is 0 Å². The van der Waals surface area contributed by atoms with Crippen LogP contribution in [0.5, 0.6) is 0 Å². The Morgan fingerprint density at radius 3 is 0.415 bits per heavy atom. The highest BCUT2D eigenvalue weighted by molar-refractivity contribution is 6.33. The van der Waals surface area contributed by atoms with Crippen LogP contribution in [-0.4, -0.2) is 78.3 Å². The van der Waals surface area contributed by atoms with E-state index in [1.54, 1.807) is 0 Å². The van der Waals surface area contributed by atoms with Crippen molar-refractivity contribution < 1.29 is 87.8 Å². The summed E-state index contributed by atoms with van der Waals surface area (Å²) in [5.41, 5.74) is 0. The van der Waals surface area contributed by atoms with Gasteiger partial charge in [-0.15, -0.1) is 0 Å². The van der Waals surface area contributed by atoms with Gasteiger partial charge in [0.25, 0.3) is 65.2 Å². The minimum absolute atomic E-state index is 0.223. The van der Waals surface area contributed by atoms with Crippen molar-refractivity contribution in [3.63, 3.8) is 0 Å². The van der Waals surface area contributed by atoms with Crippen LogP contribution in [0.25, 0.3) is 0 Å². The summed E-state index contributed by atoms with van der Waals surface area (Å²) in [6.45, 7) is 6.39. The van der Waals surface area contributed by atoms with Crippen molar-refractivity contribution in [2.75, 3.05) is 13.1 Å². The van der Waals surface area contributed by atoms with Gasteiger partial charge in [-0.3, -0.25) is 0 Å². The van der Waals surface area contributed by atoms with Crippen molar-refractivity contribution in [2.24, 2.45) is 0 Å². The fourth-order valence-corrected chi connectivity index (χ4v) is 4.86. The Morgan fingerprint density at radius 1 is 0.245 bits per heavy atom. The molecular weight excluding hydrogens is 838 g/mol. The molecule has 1 nitrogen and oxygen atoms in total. The van der Waals surface area contributed by atoms with Gasteiger partial charge in [0.15, 0.2) is 116 Å². The first-order chi connectivity index (χ1) is 24.3. The summed E-state index contributed by atoms with van der Waals surface area (Å²) in [6.07, 6.45) is 0. The monoisotopic (exact) mass is 857 g/mol. The molecule has 0 atom stereocenters. The lowest BCUT2D eigenvalue weighted by Gasteiger charge is -2.02. The van der Waals surface area contributed by atoms with Crippen molar-refractivity contribution in [1.82, 2.24) is 5.32 Å². The third-order valence-corrected chi connectivity index (χ3v) is 9.73. The van der Waals surface area contributed by atoms with E-state index in [4.69, 9.17) is 0 Å². The fourth-order valence-electron chi connectivity index (χ4n) is 3.11. The maximum absolute atomic E-state index is 12.4. The number of nitrogens with one attached hydrogen (secondary N) is 1. The van der Waals surface area contributed by atoms with E-state index >= 15 is 0 Å². The van der Waals surface area contributed by atoms with E-state index in [-0.39, 0.29) is 65.2 Å². The molecule has 0 unspecified atom stereocenters. The van der Waals surface area contributed by atoms with E-state index < -0.39 is 134 Å². The minimum atomic E-state index is -2.11. The summed E-state index contributed by atoms with van der Waals surface area (Å²) in [6, 6.07) is 0. The maximum Gasteiger partial charge on any atom is 0.268 e. The summed E-state index contributed by atoms with van der Waals surface area (Å²) in [4.78, 5) is 0. The first kappa shape index (κ1) is 50.6. The highest BCUT2D eigenvalue weighted by Gasteiger charge is 2.25. The second-order valence-electron chi connectivity index (χ2n) is 9.74. The van der Waals surface area contributed by atoms with Gasteiger partial charge in [0.2, 0.25) is 0 Å². The molecule has 0 aliphatic heterocycles. The molecule has 0 aromatic heterocycles. The molecule has 0 bridgehead atoms. The number of rotatable bonds is 2. The molecular formula is C28H19Al4F20N. The number of benzene rings is 4. The molecule has 4 aromatic rings. The largest absolute Gasteiger partial charge is 0.317 e. The highest BCUT2D eigenvalue weighted by atomic mass is 27.1. The molecule has 0 heterocycles. The standard InChI is InChI=1S/4C6F5.C4H11N.4Al.8H/c4*7-2-1-3(8)5(10)6(11)4(2)9;1-3-5-4-2;;;;;;;;;;;;/h;;;;5H,3-4H2,1-2H3;;;;;;;;;;;;. The van der Waals surface area contributed by atoms with E-state index in [1.165, 1.54) is 0 Å². The van der Waals surface area contributed by atoms with E-state index in [9.17, 15) is 87.8 Å². The first-order valence-corrected chi connectivity index (χ1v) is 17.9. The van der Waals surface area contributed by atoms with Gasteiger partial charge < -0.3 is 5.32 Å². The fraction of sp³-hybridized carbons (Fsp3) is 0.143. The maximum atomic E-state index is 12.4. The molecule has 0 radical (unpaired) electrons. The van der Waals surface area contributed by atoms with Crippen molar-refractivity contribution in [3.05, 3.63) is 116 Å². The summed E-state index contributed by atoms with van der Waals surface area (Å²) in [5.74, 6) is -37.2. The Labute approximate surface area is 318 Å². The second-order valence-corrected chi connectivity index (χ2v) is 13.7. The molecule has 25 heteroatoms. The van der Waals surface area contributed by atoms with Crippen LogP contribution < -0.4 is 23.0 Å². The molecule has 0 aliphatic carbocycles. The van der Waals surface area contributed by atoms with Gasteiger partial charge in [-0.05, 0) is 30.8 Å². The van der Waals surface area contributed by atoms with Crippen LogP contribution in [0.15, 0.2) is 0 Å². The number of hydrogen-bond donors (Lipinski definition) is 1. The molecule has 0 saturated carbocycles. The summed E-state index contributed by atoms with van der Waals surface area (Å²) in [5, 5.41) is 3.11. The molecule has 0 saturated heterocycles. The van der Waals surface area contributed by atoms with Crippen LogP contribution >= 0.6 is 0 Å². The van der Waals surface area contributed by atoms with Crippen molar-refractivity contribution >= 4 is 82.9 Å². The molecule has 53 heavy (non-hydrogen) atoms. The van der Waals surface area contributed by atoms with Crippen LogP contribution in [0.2, 0.25) is 0 Å². The Hall–Kier alpha value is -2.43. The van der Waals surface area contributed by atoms with Gasteiger partial charge >= 0.3 is 0 Å². The van der Waals surface area contributed by atoms with Crippen LogP contribution in [0.4, 0.5) is 87.8 Å². The van der Waals surface area contributed by atoms with Crippen LogP contribution in [0.1, 0.15) is 13.8 Å². The molecule has 4 aromatic carbocycles. The molecule has 0 fully saturated rings. The van der Waals surface area contributed by atoms with Gasteiger partial charge in [-0.2, -0.15) is 0 Å². The normalized spacial score (nSPS) is 10.2. The molecule has 0 spiro atoms. The Bertz CT molecular complexity index is 1250. The average Bonchev–Trinajstić information content (AvgIpc) is 3.15. The Balaban J connectivity index is 0.000000652. The summed E-state index contributed by atoms with van der Waals surface area (Å²) >= 11 is -0.893. The average molecular weight is 857 g/mol. The summed E-state index contributed by atoms with van der Waals surface area (Å²) in [7, 11) is 0. The molecule has 0 amide bonds. The quantitative estimate of drug-likeness (QED) is 0.142. The zero-order valence-electron chi connectivity index (χ0n) is 27.5. The molecule has 288 valence electrons. The lowest BCUT2D eigenvalue weighted by molar-refractivity contribution is 0.384. The van der Waals surface area contributed by atoms with Crippen molar-refractivity contribution in [3.8, 4) is 0 Å². The number of hydrogen-bond acceptors (Lipinski definition) is 1. The first-order valence-electron chi connectivity index (χ1n) is 13.9. The predicted octanol–water partition coefficient (Wildman–Crippen LogP) is 3.18. The van der Waals surface area contributed by atoms with Crippen molar-refractivity contribution in [2.45, 2.75) is 13.8 Å². The van der Waals surface area contributed by atoms with Gasteiger partial charge in [-0.25, -0.2) is 87.8 Å². The zero-order chi connectivity index (χ0) is 42.0. The lowest BCUT2D eigenvalue weighted by Crippen LogP contribution is -2.20. The van der Waals surface area contributed by atoms with Crippen LogP contribution in [0.3, 0.4) is 0 Å². The predicted molar refractivity (Wildman–Crippen MR) is 162 cm³/mol. The molecule has 4 rings (SSSR count). The minimum Gasteiger partial charge on any atom is -0.317 e. The van der Waals surface area contributed by atoms with Gasteiger partial charge in [0.1, 0.15) is 0 Å². The highest BCUT2D eigenvalue weighted by Crippen LogP contribution is 2.17. The lowest BCUT2D eigenvalue weighted by atomic mass is 10.3. The third-order valence-electron chi connectivity index (χ3n) is 6.22. The molecule has 1 N–H and O–H groups in total. The Morgan fingerprint density at radius 2 is 0.340 bits per heavy atom. The zero-order valence-corrected chi connectivity index (χ0v) is 35.5. The van der Waals surface area contributed by atoms with E-state index in [0.717, 1.165) is 13.1 Å². The van der Waals surface area contributed by atoms with E-state index in [0.29, 0.717) is 0 Å².